The van der Waals surface area contributed by atoms with E-state index in [1.165, 1.54) is 32.1 Å². The van der Waals surface area contributed by atoms with Crippen molar-refractivity contribution in [3.8, 4) is 0 Å². The van der Waals surface area contributed by atoms with Crippen LogP contribution < -0.4 is 5.32 Å². The quantitative estimate of drug-likeness (QED) is 0.637. The van der Waals surface area contributed by atoms with Crippen molar-refractivity contribution in [3.63, 3.8) is 0 Å². The first-order valence-corrected chi connectivity index (χ1v) is 5.23. The van der Waals surface area contributed by atoms with Crippen LogP contribution in [0.2, 0.25) is 0 Å². The van der Waals surface area contributed by atoms with Crippen LogP contribution in [0.3, 0.4) is 0 Å². The maximum atomic E-state index is 9.06. The molecular formula is C10H21NO. The summed E-state index contributed by atoms with van der Waals surface area (Å²) in [7, 11) is 0. The van der Waals surface area contributed by atoms with E-state index in [0.717, 1.165) is 6.42 Å². The predicted octanol–water partition coefficient (Wildman–Crippen LogP) is 1.68. The van der Waals surface area contributed by atoms with Gasteiger partial charge in [0.1, 0.15) is 0 Å². The van der Waals surface area contributed by atoms with E-state index in [0.29, 0.717) is 18.7 Å². The molecule has 0 aromatic heterocycles. The molecule has 2 nitrogen and oxygen atoms in total. The van der Waals surface area contributed by atoms with Gasteiger partial charge in [-0.1, -0.05) is 26.2 Å². The second kappa shape index (κ2) is 5.55. The number of hydrogen-bond donors (Lipinski definition) is 2. The van der Waals surface area contributed by atoms with Gasteiger partial charge in [-0.3, -0.25) is 0 Å². The summed E-state index contributed by atoms with van der Waals surface area (Å²) >= 11 is 0. The minimum Gasteiger partial charge on any atom is -0.395 e. The third kappa shape index (κ3) is 3.11. The van der Waals surface area contributed by atoms with Crippen LogP contribution in [0, 0.1) is 0 Å². The summed E-state index contributed by atoms with van der Waals surface area (Å²) in [5.41, 5.74) is 0. The van der Waals surface area contributed by atoms with Crippen LogP contribution in [0.4, 0.5) is 0 Å². The van der Waals surface area contributed by atoms with E-state index in [9.17, 15) is 0 Å². The van der Waals surface area contributed by atoms with Crippen molar-refractivity contribution in [3.05, 3.63) is 0 Å². The summed E-state index contributed by atoms with van der Waals surface area (Å²) < 4.78 is 0. The molecule has 0 aliphatic heterocycles. The highest BCUT2D eigenvalue weighted by molar-refractivity contribution is 4.80. The lowest BCUT2D eigenvalue weighted by atomic mass is 9.92. The summed E-state index contributed by atoms with van der Waals surface area (Å²) in [5, 5.41) is 12.5. The molecular weight excluding hydrogens is 150 g/mol. The molecule has 0 bridgehead atoms. The average Bonchev–Trinajstić information content (AvgIpc) is 2.02. The maximum absolute atomic E-state index is 9.06. The predicted molar refractivity (Wildman–Crippen MR) is 51.2 cm³/mol. The van der Waals surface area contributed by atoms with Crippen molar-refractivity contribution in [1.29, 1.82) is 0 Å². The second-order valence-electron chi connectivity index (χ2n) is 3.82. The Morgan fingerprint density at radius 2 is 2.25 bits per heavy atom. The van der Waals surface area contributed by atoms with Gasteiger partial charge in [-0.15, -0.1) is 0 Å². The summed E-state index contributed by atoms with van der Waals surface area (Å²) in [4.78, 5) is 0. The zero-order valence-electron chi connectivity index (χ0n) is 8.05. The molecule has 2 heteroatoms. The fourth-order valence-electron chi connectivity index (χ4n) is 1.59. The van der Waals surface area contributed by atoms with E-state index in [1.807, 2.05) is 0 Å². The number of aliphatic hydroxyl groups is 1. The fourth-order valence-corrected chi connectivity index (χ4v) is 1.59. The number of hydrogen-bond acceptors (Lipinski definition) is 2. The zero-order valence-corrected chi connectivity index (χ0v) is 8.05. The van der Waals surface area contributed by atoms with E-state index in [1.54, 1.807) is 0 Å². The smallest absolute Gasteiger partial charge is 0.0584 e. The van der Waals surface area contributed by atoms with Gasteiger partial charge in [-0.2, -0.15) is 0 Å². The Bertz CT molecular complexity index is 112. The van der Waals surface area contributed by atoms with Gasteiger partial charge < -0.3 is 10.4 Å². The molecule has 1 aliphatic rings. The van der Waals surface area contributed by atoms with E-state index in [2.05, 4.69) is 12.2 Å². The molecule has 1 aliphatic carbocycles. The van der Waals surface area contributed by atoms with Gasteiger partial charge in [0, 0.05) is 12.1 Å². The Morgan fingerprint density at radius 1 is 1.50 bits per heavy atom. The van der Waals surface area contributed by atoms with E-state index in [4.69, 9.17) is 5.11 Å². The molecule has 72 valence electrons. The van der Waals surface area contributed by atoms with Gasteiger partial charge >= 0.3 is 0 Å². The van der Waals surface area contributed by atoms with Crippen molar-refractivity contribution >= 4 is 0 Å². The van der Waals surface area contributed by atoms with E-state index < -0.39 is 0 Å². The monoisotopic (exact) mass is 171 g/mol. The molecule has 0 aromatic carbocycles. The molecule has 1 fully saturated rings. The van der Waals surface area contributed by atoms with Crippen molar-refractivity contribution in [2.75, 3.05) is 6.61 Å². The summed E-state index contributed by atoms with van der Waals surface area (Å²) in [6.07, 6.45) is 7.56. The summed E-state index contributed by atoms with van der Waals surface area (Å²) in [5.74, 6) is 0. The SMILES string of the molecule is CCCCC(CO)NC1CCC1. The van der Waals surface area contributed by atoms with Gasteiger partial charge in [0.2, 0.25) is 0 Å². The van der Waals surface area contributed by atoms with Crippen LogP contribution in [0.25, 0.3) is 0 Å². The average molecular weight is 171 g/mol. The third-order valence-corrected chi connectivity index (χ3v) is 2.70. The van der Waals surface area contributed by atoms with Crippen LogP contribution >= 0.6 is 0 Å². The number of aliphatic hydroxyl groups excluding tert-OH is 1. The van der Waals surface area contributed by atoms with Crippen LogP contribution in [0.5, 0.6) is 0 Å². The molecule has 0 spiro atoms. The van der Waals surface area contributed by atoms with Crippen molar-refractivity contribution in [2.24, 2.45) is 0 Å². The molecule has 1 atom stereocenters. The molecule has 12 heavy (non-hydrogen) atoms. The topological polar surface area (TPSA) is 32.3 Å². The summed E-state index contributed by atoms with van der Waals surface area (Å²) in [6.45, 7) is 2.49. The molecule has 1 saturated carbocycles. The van der Waals surface area contributed by atoms with E-state index >= 15 is 0 Å². The number of nitrogens with one attached hydrogen (secondary N) is 1. The lowest BCUT2D eigenvalue weighted by Gasteiger charge is -2.30. The molecule has 0 saturated heterocycles. The van der Waals surface area contributed by atoms with Crippen LogP contribution in [-0.2, 0) is 0 Å². The third-order valence-electron chi connectivity index (χ3n) is 2.70. The highest BCUT2D eigenvalue weighted by Gasteiger charge is 2.19. The van der Waals surface area contributed by atoms with E-state index in [-0.39, 0.29) is 0 Å². The van der Waals surface area contributed by atoms with Crippen molar-refractivity contribution < 1.29 is 5.11 Å². The maximum Gasteiger partial charge on any atom is 0.0584 e. The van der Waals surface area contributed by atoms with Gasteiger partial charge in [-0.05, 0) is 19.3 Å². The van der Waals surface area contributed by atoms with Crippen molar-refractivity contribution in [1.82, 2.24) is 5.32 Å². The first-order valence-electron chi connectivity index (χ1n) is 5.23. The van der Waals surface area contributed by atoms with Gasteiger partial charge in [0.05, 0.1) is 6.61 Å². The highest BCUT2D eigenvalue weighted by Crippen LogP contribution is 2.19. The Kier molecular flexibility index (Phi) is 4.62. The first kappa shape index (κ1) is 10.0. The molecule has 2 N–H and O–H groups in total. The normalized spacial score (nSPS) is 20.5. The molecule has 1 unspecified atom stereocenters. The minimum atomic E-state index is 0.302. The highest BCUT2D eigenvalue weighted by atomic mass is 16.3. The Morgan fingerprint density at radius 3 is 2.67 bits per heavy atom. The summed E-state index contributed by atoms with van der Waals surface area (Å²) in [6, 6.07) is 1.06. The molecule has 1 rings (SSSR count). The number of rotatable bonds is 6. The Hall–Kier alpha value is -0.0800. The van der Waals surface area contributed by atoms with Gasteiger partial charge in [0.15, 0.2) is 0 Å². The Balaban J connectivity index is 2.06. The van der Waals surface area contributed by atoms with Gasteiger partial charge in [-0.25, -0.2) is 0 Å². The molecule has 0 aromatic rings. The van der Waals surface area contributed by atoms with Gasteiger partial charge in [0.25, 0.3) is 0 Å². The fraction of sp³-hybridized carbons (Fsp3) is 1.00. The molecule has 0 heterocycles. The largest absolute Gasteiger partial charge is 0.395 e. The number of unbranched alkanes of at least 4 members (excludes halogenated alkanes) is 1. The zero-order chi connectivity index (χ0) is 8.81. The second-order valence-corrected chi connectivity index (χ2v) is 3.82. The standard InChI is InChI=1S/C10H21NO/c1-2-3-5-10(8-12)11-9-6-4-7-9/h9-12H,2-8H2,1H3. The lowest BCUT2D eigenvalue weighted by Crippen LogP contribution is -2.44. The first-order chi connectivity index (χ1) is 5.86. The van der Waals surface area contributed by atoms with Crippen molar-refractivity contribution in [2.45, 2.75) is 57.5 Å². The van der Waals surface area contributed by atoms with Crippen LogP contribution in [0.15, 0.2) is 0 Å². The molecule has 0 radical (unpaired) electrons. The van der Waals surface area contributed by atoms with Crippen LogP contribution in [0.1, 0.15) is 45.4 Å². The molecule has 0 amide bonds. The van der Waals surface area contributed by atoms with Crippen LogP contribution in [-0.4, -0.2) is 23.8 Å². The Labute approximate surface area is 75.4 Å². The minimum absolute atomic E-state index is 0.302. The lowest BCUT2D eigenvalue weighted by molar-refractivity contribution is 0.199.